The van der Waals surface area contributed by atoms with Gasteiger partial charge in [-0.2, -0.15) is 13.2 Å². The molecule has 0 bridgehead atoms. The Morgan fingerprint density at radius 1 is 1.25 bits per heavy atom. The lowest BCUT2D eigenvalue weighted by Gasteiger charge is -2.19. The number of carbonyl (C=O) groups excluding carboxylic acids is 2. The van der Waals surface area contributed by atoms with E-state index in [-0.39, 0.29) is 17.0 Å². The van der Waals surface area contributed by atoms with Crippen molar-refractivity contribution in [3.8, 4) is 5.75 Å². The number of hydrogen-bond acceptors (Lipinski definition) is 4. The van der Waals surface area contributed by atoms with Crippen LogP contribution in [0, 0.1) is 0 Å². The normalized spacial score (nSPS) is 14.4. The molecule has 0 saturated carbocycles. The molecule has 9 heteroatoms. The van der Waals surface area contributed by atoms with Crippen LogP contribution in [0.4, 0.5) is 23.7 Å². The second-order valence-corrected chi connectivity index (χ2v) is 5.23. The molecule has 1 heterocycles. The lowest BCUT2D eigenvalue weighted by molar-refractivity contribution is -0.153. The maximum absolute atomic E-state index is 12.4. The van der Waals surface area contributed by atoms with Crippen molar-refractivity contribution < 1.29 is 32.2 Å². The summed E-state index contributed by atoms with van der Waals surface area (Å²) in [5, 5.41) is 2.52. The van der Waals surface area contributed by atoms with Crippen LogP contribution in [-0.4, -0.2) is 49.9 Å². The Kier molecular flexibility index (Phi) is 5.53. The number of alkyl halides is 3. The molecular weight excluding hydrogens is 329 g/mol. The van der Waals surface area contributed by atoms with Crippen LogP contribution in [0.15, 0.2) is 18.2 Å². The Hall–Kier alpha value is -2.45. The number of anilines is 1. The van der Waals surface area contributed by atoms with Crippen molar-refractivity contribution in [2.24, 2.45) is 0 Å². The third kappa shape index (κ3) is 4.77. The van der Waals surface area contributed by atoms with Gasteiger partial charge in [-0.25, -0.2) is 9.59 Å². The highest BCUT2D eigenvalue weighted by molar-refractivity contribution is 5.94. The SMILES string of the molecule is COC(=O)c1ccc(NC(=O)N2CCCC2)c(OCC(F)(F)F)c1. The molecular formula is C15H17F3N2O4. The lowest BCUT2D eigenvalue weighted by atomic mass is 10.2. The number of likely N-dealkylation sites (tertiary alicyclic amines) is 1. The lowest BCUT2D eigenvalue weighted by Crippen LogP contribution is -2.32. The summed E-state index contributed by atoms with van der Waals surface area (Å²) in [6.45, 7) is -0.361. The minimum absolute atomic E-state index is 0.0221. The third-order valence-electron chi connectivity index (χ3n) is 3.43. The molecule has 1 aliphatic heterocycles. The summed E-state index contributed by atoms with van der Waals surface area (Å²) in [5.41, 5.74) is 0.0812. The van der Waals surface area contributed by atoms with E-state index in [1.807, 2.05) is 0 Å². The van der Waals surface area contributed by atoms with Gasteiger partial charge in [-0.15, -0.1) is 0 Å². The number of carbonyl (C=O) groups is 2. The first kappa shape index (κ1) is 17.9. The second kappa shape index (κ2) is 7.41. The number of urea groups is 1. The first-order valence-electron chi connectivity index (χ1n) is 7.28. The molecule has 1 N–H and O–H groups in total. The van der Waals surface area contributed by atoms with Gasteiger partial charge in [-0.05, 0) is 31.0 Å². The molecule has 24 heavy (non-hydrogen) atoms. The van der Waals surface area contributed by atoms with Crippen LogP contribution in [0.1, 0.15) is 23.2 Å². The predicted octanol–water partition coefficient (Wildman–Crippen LogP) is 3.04. The van der Waals surface area contributed by atoms with Crippen LogP contribution in [0.25, 0.3) is 0 Å². The van der Waals surface area contributed by atoms with Crippen LogP contribution in [-0.2, 0) is 4.74 Å². The topological polar surface area (TPSA) is 67.9 Å². The van der Waals surface area contributed by atoms with E-state index >= 15 is 0 Å². The largest absolute Gasteiger partial charge is 0.482 e. The zero-order valence-electron chi connectivity index (χ0n) is 13.0. The smallest absolute Gasteiger partial charge is 0.422 e. The van der Waals surface area contributed by atoms with Crippen molar-refractivity contribution in [1.82, 2.24) is 4.90 Å². The van der Waals surface area contributed by atoms with Crippen molar-refractivity contribution in [2.45, 2.75) is 19.0 Å². The summed E-state index contributed by atoms with van der Waals surface area (Å²) in [7, 11) is 1.15. The first-order valence-corrected chi connectivity index (χ1v) is 7.28. The number of rotatable bonds is 4. The molecule has 0 unspecified atom stereocenters. The van der Waals surface area contributed by atoms with Gasteiger partial charge in [0.05, 0.1) is 18.4 Å². The van der Waals surface area contributed by atoms with Gasteiger partial charge in [-0.3, -0.25) is 0 Å². The van der Waals surface area contributed by atoms with E-state index in [0.29, 0.717) is 13.1 Å². The van der Waals surface area contributed by atoms with Crippen LogP contribution in [0.5, 0.6) is 5.75 Å². The zero-order chi connectivity index (χ0) is 17.7. The van der Waals surface area contributed by atoms with Crippen LogP contribution >= 0.6 is 0 Å². The average Bonchev–Trinajstić information content (AvgIpc) is 3.06. The van der Waals surface area contributed by atoms with Gasteiger partial charge in [0.25, 0.3) is 0 Å². The number of hydrogen-bond donors (Lipinski definition) is 1. The summed E-state index contributed by atoms with van der Waals surface area (Å²) in [4.78, 5) is 25.2. The molecule has 132 valence electrons. The van der Waals surface area contributed by atoms with Crippen LogP contribution < -0.4 is 10.1 Å². The minimum Gasteiger partial charge on any atom is -0.482 e. The van der Waals surface area contributed by atoms with E-state index in [4.69, 9.17) is 4.74 Å². The van der Waals surface area contributed by atoms with Crippen molar-refractivity contribution in [2.75, 3.05) is 32.1 Å². The molecule has 6 nitrogen and oxygen atoms in total. The number of esters is 1. The van der Waals surface area contributed by atoms with Crippen molar-refractivity contribution >= 4 is 17.7 Å². The number of ether oxygens (including phenoxy) is 2. The van der Waals surface area contributed by atoms with Crippen molar-refractivity contribution in [3.63, 3.8) is 0 Å². The Balaban J connectivity index is 2.20. The summed E-state index contributed by atoms with van der Waals surface area (Å²) in [6.07, 6.45) is -2.78. The maximum atomic E-state index is 12.4. The van der Waals surface area contributed by atoms with Crippen molar-refractivity contribution in [1.29, 1.82) is 0 Å². The minimum atomic E-state index is -4.54. The molecule has 2 rings (SSSR count). The zero-order valence-corrected chi connectivity index (χ0v) is 13.0. The predicted molar refractivity (Wildman–Crippen MR) is 79.2 cm³/mol. The van der Waals surface area contributed by atoms with E-state index in [2.05, 4.69) is 10.1 Å². The number of halogens is 3. The molecule has 0 atom stereocenters. The van der Waals surface area contributed by atoms with Crippen molar-refractivity contribution in [3.05, 3.63) is 23.8 Å². The Labute approximate surface area is 136 Å². The number of nitrogens with one attached hydrogen (secondary N) is 1. The van der Waals surface area contributed by atoms with Crippen LogP contribution in [0.2, 0.25) is 0 Å². The van der Waals surface area contributed by atoms with Crippen LogP contribution in [0.3, 0.4) is 0 Å². The monoisotopic (exact) mass is 346 g/mol. The molecule has 1 aromatic rings. The van der Waals surface area contributed by atoms with E-state index in [9.17, 15) is 22.8 Å². The molecule has 2 amide bonds. The van der Waals surface area contributed by atoms with E-state index in [1.54, 1.807) is 4.90 Å². The molecule has 0 aromatic heterocycles. The number of methoxy groups -OCH3 is 1. The highest BCUT2D eigenvalue weighted by atomic mass is 19.4. The number of amides is 2. The molecule has 1 aliphatic rings. The Morgan fingerprint density at radius 3 is 2.50 bits per heavy atom. The fourth-order valence-electron chi connectivity index (χ4n) is 2.26. The number of benzene rings is 1. The summed E-state index contributed by atoms with van der Waals surface area (Å²) >= 11 is 0. The second-order valence-electron chi connectivity index (χ2n) is 5.23. The van der Waals surface area contributed by atoms with Gasteiger partial charge in [-0.1, -0.05) is 0 Å². The summed E-state index contributed by atoms with van der Waals surface area (Å²) in [5.74, 6) is -0.966. The third-order valence-corrected chi connectivity index (χ3v) is 3.43. The highest BCUT2D eigenvalue weighted by Gasteiger charge is 2.29. The summed E-state index contributed by atoms with van der Waals surface area (Å²) < 4.78 is 46.4. The molecule has 0 spiro atoms. The van der Waals surface area contributed by atoms with E-state index < -0.39 is 24.8 Å². The van der Waals surface area contributed by atoms with Gasteiger partial charge in [0.15, 0.2) is 6.61 Å². The highest BCUT2D eigenvalue weighted by Crippen LogP contribution is 2.29. The molecule has 1 fully saturated rings. The summed E-state index contributed by atoms with van der Waals surface area (Å²) in [6, 6.07) is 3.34. The van der Waals surface area contributed by atoms with Gasteiger partial charge < -0.3 is 19.7 Å². The molecule has 1 saturated heterocycles. The van der Waals surface area contributed by atoms with E-state index in [1.165, 1.54) is 12.1 Å². The molecule has 0 radical (unpaired) electrons. The maximum Gasteiger partial charge on any atom is 0.422 e. The van der Waals surface area contributed by atoms with E-state index in [0.717, 1.165) is 26.0 Å². The van der Waals surface area contributed by atoms with Gasteiger partial charge in [0.1, 0.15) is 5.75 Å². The fraction of sp³-hybridized carbons (Fsp3) is 0.467. The average molecular weight is 346 g/mol. The standard InChI is InChI=1S/C15H17F3N2O4/c1-23-13(21)10-4-5-11(12(8-10)24-9-15(16,17)18)19-14(22)20-6-2-3-7-20/h4-5,8H,2-3,6-7,9H2,1H3,(H,19,22). The van der Waals surface area contributed by atoms with Gasteiger partial charge in [0.2, 0.25) is 0 Å². The Morgan fingerprint density at radius 2 is 1.92 bits per heavy atom. The Bertz CT molecular complexity index is 613. The molecule has 1 aromatic carbocycles. The first-order chi connectivity index (χ1) is 11.3. The molecule has 0 aliphatic carbocycles. The van der Waals surface area contributed by atoms with Gasteiger partial charge in [0, 0.05) is 13.1 Å². The quantitative estimate of drug-likeness (QED) is 0.851. The number of nitrogens with zero attached hydrogens (tertiary/aromatic N) is 1. The van der Waals surface area contributed by atoms with Gasteiger partial charge >= 0.3 is 18.2 Å². The fourth-order valence-corrected chi connectivity index (χ4v) is 2.26.